The lowest BCUT2D eigenvalue weighted by molar-refractivity contribution is 0.751. The van der Waals surface area contributed by atoms with Crippen LogP contribution in [0.3, 0.4) is 0 Å². The number of hydrogen-bond acceptors (Lipinski definition) is 5. The lowest BCUT2D eigenvalue weighted by Gasteiger charge is -2.15. The van der Waals surface area contributed by atoms with Crippen LogP contribution in [0.25, 0.3) is 32.7 Å². The maximum atomic E-state index is 6.46. The summed E-state index contributed by atoms with van der Waals surface area (Å²) in [6.45, 7) is 1.31. The average Bonchev–Trinajstić information content (AvgIpc) is 3.66. The predicted octanol–water partition coefficient (Wildman–Crippen LogP) is 7.58. The molecule has 0 atom stereocenters. The Morgan fingerprint density at radius 3 is 2.26 bits per heavy atom. The van der Waals surface area contributed by atoms with Crippen LogP contribution in [0.1, 0.15) is 11.3 Å². The molecule has 0 radical (unpaired) electrons. The maximum absolute atomic E-state index is 6.46. The van der Waals surface area contributed by atoms with Crippen molar-refractivity contribution in [3.05, 3.63) is 133 Å². The Balaban J connectivity index is 1.21. The van der Waals surface area contributed by atoms with Crippen molar-refractivity contribution in [1.29, 1.82) is 0 Å². The van der Waals surface area contributed by atoms with Gasteiger partial charge in [-0.3, -0.25) is 4.98 Å². The van der Waals surface area contributed by atoms with Gasteiger partial charge >= 0.3 is 0 Å². The highest BCUT2D eigenvalue weighted by Crippen LogP contribution is 2.36. The van der Waals surface area contributed by atoms with Gasteiger partial charge in [0.05, 0.1) is 35.5 Å². The van der Waals surface area contributed by atoms with E-state index in [-0.39, 0.29) is 0 Å². The number of benzene rings is 4. The molecule has 0 spiro atoms. The van der Waals surface area contributed by atoms with Crippen molar-refractivity contribution in [2.45, 2.75) is 13.1 Å². The molecule has 0 aliphatic rings. The lowest BCUT2D eigenvalue weighted by atomic mass is 9.98. The van der Waals surface area contributed by atoms with Crippen LogP contribution in [-0.2, 0) is 13.1 Å². The van der Waals surface area contributed by atoms with Crippen molar-refractivity contribution in [3.63, 3.8) is 0 Å². The molecule has 0 bridgehead atoms. The molecule has 0 amide bonds. The van der Waals surface area contributed by atoms with Crippen LogP contribution >= 0.6 is 11.3 Å². The zero-order valence-corrected chi connectivity index (χ0v) is 21.6. The summed E-state index contributed by atoms with van der Waals surface area (Å²) in [4.78, 5) is 9.85. The highest BCUT2D eigenvalue weighted by Gasteiger charge is 2.11. The van der Waals surface area contributed by atoms with E-state index in [1.165, 1.54) is 16.7 Å². The van der Waals surface area contributed by atoms with Crippen LogP contribution in [0.15, 0.2) is 121 Å². The first-order valence-electron chi connectivity index (χ1n) is 12.5. The molecule has 0 aliphatic heterocycles. The van der Waals surface area contributed by atoms with Crippen molar-refractivity contribution in [3.8, 4) is 32.7 Å². The Bertz CT molecular complexity index is 1640. The van der Waals surface area contributed by atoms with Gasteiger partial charge in [-0.1, -0.05) is 78.9 Å². The van der Waals surface area contributed by atoms with Gasteiger partial charge in [0.1, 0.15) is 0 Å². The van der Waals surface area contributed by atoms with E-state index in [2.05, 4.69) is 92.6 Å². The number of anilines is 2. The monoisotopic (exact) mass is 513 g/mol. The highest BCUT2D eigenvalue weighted by atomic mass is 32.1. The van der Waals surface area contributed by atoms with Crippen LogP contribution in [0, 0.1) is 0 Å². The van der Waals surface area contributed by atoms with E-state index in [4.69, 9.17) is 5.73 Å². The third kappa shape index (κ3) is 5.08. The summed E-state index contributed by atoms with van der Waals surface area (Å²) in [7, 11) is 0. The van der Waals surface area contributed by atoms with E-state index >= 15 is 0 Å². The average molecular weight is 514 g/mol. The van der Waals surface area contributed by atoms with Crippen molar-refractivity contribution >= 4 is 22.7 Å². The van der Waals surface area contributed by atoms with Crippen LogP contribution < -0.4 is 11.1 Å². The summed E-state index contributed by atoms with van der Waals surface area (Å²) in [6, 6.07) is 33.6. The summed E-state index contributed by atoms with van der Waals surface area (Å²) in [5.74, 6) is 0. The van der Waals surface area contributed by atoms with Gasteiger partial charge in [-0.2, -0.15) is 0 Å². The van der Waals surface area contributed by atoms with Crippen molar-refractivity contribution < 1.29 is 0 Å². The second kappa shape index (κ2) is 10.7. The second-order valence-corrected chi connectivity index (χ2v) is 10.0. The molecule has 0 aliphatic carbocycles. The number of hydrogen-bond donors (Lipinski definition) is 2. The van der Waals surface area contributed by atoms with Crippen molar-refractivity contribution in [2.24, 2.45) is 0 Å². The van der Waals surface area contributed by atoms with Gasteiger partial charge in [-0.05, 0) is 46.0 Å². The fourth-order valence-corrected chi connectivity index (χ4v) is 5.30. The first-order valence-corrected chi connectivity index (χ1v) is 13.4. The van der Waals surface area contributed by atoms with Crippen LogP contribution in [0.4, 0.5) is 11.4 Å². The Kier molecular flexibility index (Phi) is 6.70. The molecule has 6 heteroatoms. The molecule has 3 N–H and O–H groups in total. The minimum atomic E-state index is 0.649. The molecule has 0 saturated heterocycles. The number of aromatic nitrogens is 3. The molecule has 186 valence electrons. The lowest BCUT2D eigenvalue weighted by Crippen LogP contribution is -2.09. The molecule has 2 heterocycles. The maximum Gasteiger partial charge on any atom is 0.0951 e. The molecule has 2 aromatic heterocycles. The van der Waals surface area contributed by atoms with Gasteiger partial charge in [0.2, 0.25) is 0 Å². The fraction of sp³-hybridized carbons (Fsp3) is 0.0625. The number of imidazole rings is 1. The van der Waals surface area contributed by atoms with Crippen molar-refractivity contribution in [2.75, 3.05) is 11.1 Å². The Labute approximate surface area is 226 Å². The third-order valence-corrected chi connectivity index (χ3v) is 7.47. The summed E-state index contributed by atoms with van der Waals surface area (Å²) in [6.07, 6.45) is 5.70. The minimum Gasteiger partial charge on any atom is -0.398 e. The quantitative estimate of drug-likeness (QED) is 0.206. The van der Waals surface area contributed by atoms with Crippen LogP contribution in [-0.4, -0.2) is 14.5 Å². The second-order valence-electron chi connectivity index (χ2n) is 9.14. The molecule has 6 aromatic rings. The smallest absolute Gasteiger partial charge is 0.0951 e. The van der Waals surface area contributed by atoms with Gasteiger partial charge in [0.15, 0.2) is 0 Å². The topological polar surface area (TPSA) is 68.8 Å². The SMILES string of the molecule is Nc1cc(-c2ccccc2)ccc1Cn1cncc1CNc1ccc(-c2cncs2)c(-c2ccccc2)c1. The summed E-state index contributed by atoms with van der Waals surface area (Å²) in [5, 5.41) is 3.60. The van der Waals surface area contributed by atoms with E-state index in [0.29, 0.717) is 13.1 Å². The molecular weight excluding hydrogens is 486 g/mol. The van der Waals surface area contributed by atoms with Gasteiger partial charge < -0.3 is 15.6 Å². The van der Waals surface area contributed by atoms with E-state index in [0.717, 1.165) is 38.6 Å². The fourth-order valence-electron chi connectivity index (χ4n) is 4.64. The number of rotatable bonds is 8. The first kappa shape index (κ1) is 23.7. The van der Waals surface area contributed by atoms with E-state index in [9.17, 15) is 0 Å². The molecule has 0 fully saturated rings. The molecule has 0 unspecified atom stereocenters. The summed E-state index contributed by atoms with van der Waals surface area (Å²) < 4.78 is 2.14. The molecule has 4 aromatic carbocycles. The normalized spacial score (nSPS) is 10.9. The molecule has 5 nitrogen and oxygen atoms in total. The first-order chi connectivity index (χ1) is 18.7. The predicted molar refractivity (Wildman–Crippen MR) is 158 cm³/mol. The Hall–Kier alpha value is -4.68. The zero-order chi connectivity index (χ0) is 25.7. The van der Waals surface area contributed by atoms with Gasteiger partial charge in [0, 0.05) is 29.3 Å². The third-order valence-electron chi connectivity index (χ3n) is 6.67. The van der Waals surface area contributed by atoms with E-state index in [1.54, 1.807) is 11.3 Å². The van der Waals surface area contributed by atoms with E-state index < -0.39 is 0 Å². The summed E-state index contributed by atoms with van der Waals surface area (Å²) >= 11 is 1.65. The standard InChI is InChI=1S/C32H27N5S/c33-31-15-25(23-7-3-1-4-8-23)11-12-26(31)20-37-21-34-17-28(37)18-36-27-13-14-29(32-19-35-22-38-32)30(16-27)24-9-5-2-6-10-24/h1-17,19,21-22,36H,18,20,33H2. The van der Waals surface area contributed by atoms with Gasteiger partial charge in [0.25, 0.3) is 0 Å². The number of nitrogens with two attached hydrogens (primary N) is 1. The van der Waals surface area contributed by atoms with Crippen LogP contribution in [0.2, 0.25) is 0 Å². The van der Waals surface area contributed by atoms with E-state index in [1.807, 2.05) is 48.5 Å². The van der Waals surface area contributed by atoms with Gasteiger partial charge in [-0.15, -0.1) is 11.3 Å². The highest BCUT2D eigenvalue weighted by molar-refractivity contribution is 7.13. The molecule has 38 heavy (non-hydrogen) atoms. The summed E-state index contributed by atoms with van der Waals surface area (Å²) in [5.41, 5.74) is 18.2. The Morgan fingerprint density at radius 2 is 1.53 bits per heavy atom. The minimum absolute atomic E-state index is 0.649. The number of nitrogen functional groups attached to an aromatic ring is 1. The molecular formula is C32H27N5S. The zero-order valence-electron chi connectivity index (χ0n) is 20.8. The Morgan fingerprint density at radius 1 is 0.737 bits per heavy atom. The van der Waals surface area contributed by atoms with Crippen molar-refractivity contribution in [1.82, 2.24) is 14.5 Å². The molecule has 0 saturated carbocycles. The number of nitrogens with zero attached hydrogens (tertiary/aromatic N) is 3. The molecule has 6 rings (SSSR count). The largest absolute Gasteiger partial charge is 0.398 e. The van der Waals surface area contributed by atoms with Crippen LogP contribution in [0.5, 0.6) is 0 Å². The number of thiazole rings is 1. The van der Waals surface area contributed by atoms with Gasteiger partial charge in [-0.25, -0.2) is 4.98 Å². The number of nitrogens with one attached hydrogen (secondary N) is 1.